The molecule has 2 nitrogen and oxygen atoms in total. The summed E-state index contributed by atoms with van der Waals surface area (Å²) >= 11 is 21.2. The zero-order chi connectivity index (χ0) is 21.3. The molecule has 2 aromatic rings. The van der Waals surface area contributed by atoms with E-state index < -0.39 is 0 Å². The summed E-state index contributed by atoms with van der Waals surface area (Å²) in [5.41, 5.74) is 0. The molecule has 0 unspecified atom stereocenters. The third kappa shape index (κ3) is 28.2. The molecule has 0 heterocycles. The van der Waals surface area contributed by atoms with E-state index in [1.807, 2.05) is 24.3 Å². The first-order valence-corrected chi connectivity index (χ1v) is 10.0. The van der Waals surface area contributed by atoms with Crippen molar-refractivity contribution in [1.29, 1.82) is 0 Å². The van der Waals surface area contributed by atoms with Gasteiger partial charge in [-0.15, -0.1) is 53.0 Å². The molecule has 2 aromatic carbocycles. The van der Waals surface area contributed by atoms with E-state index in [0.717, 1.165) is 6.42 Å². The van der Waals surface area contributed by atoms with Crippen LogP contribution in [0.15, 0.2) is 36.4 Å². The van der Waals surface area contributed by atoms with E-state index in [9.17, 15) is 0 Å². The predicted octanol–water partition coefficient (Wildman–Crippen LogP) is 7.67. The first-order chi connectivity index (χ1) is 13.1. The zero-order valence-corrected chi connectivity index (χ0v) is 19.4. The van der Waals surface area contributed by atoms with Gasteiger partial charge in [-0.05, 0) is 0 Å². The SMILES string of the molecule is Clc1[c-]c(Cl)cc(Cl)c1.[CH2-]CCCCCCC.[O]=[Co].[O]=[Co].[c-]1cc[c-]cc1. The molecule has 0 aliphatic carbocycles. The van der Waals surface area contributed by atoms with Crippen molar-refractivity contribution in [3.63, 3.8) is 0 Å². The van der Waals surface area contributed by atoms with Crippen LogP contribution in [0.25, 0.3) is 0 Å². The van der Waals surface area contributed by atoms with Crippen molar-refractivity contribution in [2.24, 2.45) is 0 Å². The molecule has 0 aliphatic rings. The average Bonchev–Trinajstić information content (AvgIpc) is 2.70. The summed E-state index contributed by atoms with van der Waals surface area (Å²) in [6.07, 6.45) is 7.98. The number of hydrogen-bond acceptors (Lipinski definition) is 2. The third-order valence-electron chi connectivity index (χ3n) is 2.67. The van der Waals surface area contributed by atoms with E-state index >= 15 is 0 Å². The van der Waals surface area contributed by atoms with E-state index in [1.165, 1.54) is 32.1 Å². The van der Waals surface area contributed by atoms with Gasteiger partial charge in [0.25, 0.3) is 0 Å². The minimum atomic E-state index is 0.438. The van der Waals surface area contributed by atoms with Crippen molar-refractivity contribution >= 4 is 34.8 Å². The molecule has 0 saturated carbocycles. The van der Waals surface area contributed by atoms with Gasteiger partial charge in [0.1, 0.15) is 0 Å². The Bertz CT molecular complexity index is 447. The minimum absolute atomic E-state index is 0.438. The quantitative estimate of drug-likeness (QED) is 0.300. The Kier molecular flexibility index (Phi) is 32.9. The maximum atomic E-state index is 7.94. The fraction of sp³-hybridized carbons (Fsp3) is 0.350. The van der Waals surface area contributed by atoms with Crippen molar-refractivity contribution in [2.45, 2.75) is 45.4 Å². The number of halogens is 3. The molecule has 0 fully saturated rings. The van der Waals surface area contributed by atoms with E-state index in [-0.39, 0.29) is 0 Å². The van der Waals surface area contributed by atoms with Gasteiger partial charge in [0.05, 0.1) is 0 Å². The normalized spacial score (nSPS) is 8.26. The van der Waals surface area contributed by atoms with Crippen LogP contribution >= 0.6 is 34.8 Å². The van der Waals surface area contributed by atoms with E-state index in [0.29, 0.717) is 15.1 Å². The van der Waals surface area contributed by atoms with E-state index in [4.69, 9.17) is 42.5 Å². The summed E-state index contributed by atoms with van der Waals surface area (Å²) in [5.74, 6) is 0. The molecular formula is C20H23Cl3Co2O2-4. The molecule has 0 aromatic heterocycles. The first kappa shape index (κ1) is 31.6. The molecule has 0 atom stereocenters. The fourth-order valence-corrected chi connectivity index (χ4v) is 2.37. The van der Waals surface area contributed by atoms with Crippen LogP contribution < -0.4 is 0 Å². The predicted molar refractivity (Wildman–Crippen MR) is 105 cm³/mol. The van der Waals surface area contributed by atoms with E-state index in [1.54, 1.807) is 12.1 Å². The largest absolute Gasteiger partial charge is 0.319 e. The van der Waals surface area contributed by atoms with Gasteiger partial charge in [-0.3, -0.25) is 24.3 Å². The Labute approximate surface area is 194 Å². The standard InChI is InChI=1S/C8H17.C6H2Cl3.C6H4.2Co.2O/c1-3-5-7-8-6-4-2;7-4-1-5(8)3-6(9)2-4;1-2-4-6-5-3-1;;;;/h1,3-8H2,2H3;1-2H;1-2,5-6H;;;;/q2*-1;-2;;;;. The Morgan fingerprint density at radius 3 is 1.52 bits per heavy atom. The van der Waals surface area contributed by atoms with Gasteiger partial charge in [-0.25, -0.2) is 0 Å². The molecule has 0 amide bonds. The fourth-order valence-electron chi connectivity index (χ4n) is 1.55. The van der Waals surface area contributed by atoms with Gasteiger partial charge in [-0.2, -0.15) is 6.42 Å². The van der Waals surface area contributed by atoms with Gasteiger partial charge in [-0.1, -0.05) is 54.1 Å². The van der Waals surface area contributed by atoms with E-state index in [2.05, 4.69) is 63.4 Å². The van der Waals surface area contributed by atoms with Crippen molar-refractivity contribution in [1.82, 2.24) is 0 Å². The van der Waals surface area contributed by atoms with Crippen LogP contribution in [-0.2, 0) is 39.1 Å². The van der Waals surface area contributed by atoms with Gasteiger partial charge < -0.3 is 19.1 Å². The smallest absolute Gasteiger partial charge is 0.288 e. The Balaban J connectivity index is -0.000000296. The second kappa shape index (κ2) is 28.1. The maximum absolute atomic E-state index is 7.94. The zero-order valence-electron chi connectivity index (χ0n) is 15.0. The average molecular weight is 520 g/mol. The van der Waals surface area contributed by atoms with Crippen molar-refractivity contribution in [2.75, 3.05) is 0 Å². The molecule has 7 heteroatoms. The van der Waals surface area contributed by atoms with Gasteiger partial charge >= 0.3 is 39.1 Å². The summed E-state index contributed by atoms with van der Waals surface area (Å²) in [4.78, 5) is 0. The van der Waals surface area contributed by atoms with Crippen LogP contribution in [0, 0.1) is 25.1 Å². The second-order valence-electron chi connectivity index (χ2n) is 4.76. The summed E-state index contributed by atoms with van der Waals surface area (Å²) in [6.45, 7) is 6.02. The van der Waals surface area contributed by atoms with Crippen molar-refractivity contribution < 1.29 is 39.1 Å². The number of hydrogen-bond donors (Lipinski definition) is 0. The number of benzene rings is 2. The molecule has 2 rings (SSSR count). The Hall–Kier alpha value is -0.0770. The number of unbranched alkanes of at least 4 members (excludes halogenated alkanes) is 5. The number of rotatable bonds is 5. The van der Waals surface area contributed by atoms with Gasteiger partial charge in [0.15, 0.2) is 0 Å². The topological polar surface area (TPSA) is 34.1 Å². The van der Waals surface area contributed by atoms with Crippen LogP contribution in [0.3, 0.4) is 0 Å². The summed E-state index contributed by atoms with van der Waals surface area (Å²) in [7, 11) is 0. The van der Waals surface area contributed by atoms with Crippen molar-refractivity contribution in [3.8, 4) is 0 Å². The third-order valence-corrected chi connectivity index (χ3v) is 3.30. The van der Waals surface area contributed by atoms with Crippen LogP contribution in [-0.4, -0.2) is 0 Å². The summed E-state index contributed by atoms with van der Waals surface area (Å²) in [5, 5.41) is 1.41. The molecular weight excluding hydrogens is 496 g/mol. The summed E-state index contributed by atoms with van der Waals surface area (Å²) < 4.78 is 15.9. The van der Waals surface area contributed by atoms with Gasteiger partial charge in [0.2, 0.25) is 0 Å². The van der Waals surface area contributed by atoms with Crippen LogP contribution in [0.5, 0.6) is 0 Å². The molecule has 0 radical (unpaired) electrons. The molecule has 0 aliphatic heterocycles. The molecule has 0 saturated heterocycles. The monoisotopic (exact) mass is 518 g/mol. The van der Waals surface area contributed by atoms with Crippen molar-refractivity contribution in [3.05, 3.63) is 76.6 Å². The Morgan fingerprint density at radius 2 is 1.22 bits per heavy atom. The molecule has 158 valence electrons. The van der Waals surface area contributed by atoms with Gasteiger partial charge in [0, 0.05) is 0 Å². The second-order valence-corrected chi connectivity index (χ2v) is 6.01. The minimum Gasteiger partial charge on any atom is -0.319 e. The summed E-state index contributed by atoms with van der Waals surface area (Å²) in [6, 6.07) is 18.8. The van der Waals surface area contributed by atoms with Crippen LogP contribution in [0.1, 0.15) is 45.4 Å². The molecule has 27 heavy (non-hydrogen) atoms. The first-order valence-electron chi connectivity index (χ1n) is 8.02. The maximum Gasteiger partial charge on any atom is -0.288 e. The Morgan fingerprint density at radius 1 is 0.815 bits per heavy atom. The molecule has 0 bridgehead atoms. The van der Waals surface area contributed by atoms with Crippen LogP contribution in [0.4, 0.5) is 0 Å². The molecule has 0 N–H and O–H groups in total. The molecule has 0 spiro atoms. The van der Waals surface area contributed by atoms with Crippen LogP contribution in [0.2, 0.25) is 15.1 Å².